The van der Waals surface area contributed by atoms with Crippen LogP contribution in [0.25, 0.3) is 6.08 Å². The highest BCUT2D eigenvalue weighted by Gasteiger charge is 2.11. The van der Waals surface area contributed by atoms with Crippen molar-refractivity contribution in [2.45, 2.75) is 6.61 Å². The lowest BCUT2D eigenvalue weighted by atomic mass is 10.1. The van der Waals surface area contributed by atoms with Crippen molar-refractivity contribution in [3.05, 3.63) is 58.6 Å². The van der Waals surface area contributed by atoms with Crippen LogP contribution in [0, 0.1) is 12.3 Å². The average molecular weight is 393 g/mol. The van der Waals surface area contributed by atoms with Crippen molar-refractivity contribution < 1.29 is 27.8 Å². The van der Waals surface area contributed by atoms with Gasteiger partial charge in [0.2, 0.25) is 0 Å². The van der Waals surface area contributed by atoms with E-state index >= 15 is 0 Å². The number of methoxy groups -OCH3 is 1. The highest BCUT2D eigenvalue weighted by Crippen LogP contribution is 2.36. The van der Waals surface area contributed by atoms with Gasteiger partial charge in [-0.2, -0.15) is 8.78 Å². The number of ether oxygens (including phenoxy) is 3. The van der Waals surface area contributed by atoms with Crippen molar-refractivity contribution in [1.29, 1.82) is 0 Å². The van der Waals surface area contributed by atoms with Crippen LogP contribution in [-0.2, 0) is 0 Å². The Morgan fingerprint density at radius 1 is 1.30 bits per heavy atom. The Kier molecular flexibility index (Phi) is 7.21. The van der Waals surface area contributed by atoms with E-state index in [0.717, 1.165) is 0 Å². The molecule has 0 aliphatic rings. The first-order valence-corrected chi connectivity index (χ1v) is 8.03. The van der Waals surface area contributed by atoms with Crippen molar-refractivity contribution in [2.75, 3.05) is 13.7 Å². The Labute approximate surface area is 160 Å². The summed E-state index contributed by atoms with van der Waals surface area (Å²) in [6.45, 7) is -2.88. The Hall–Kier alpha value is -3.04. The Morgan fingerprint density at radius 2 is 2.00 bits per heavy atom. The molecule has 0 saturated heterocycles. The number of rotatable bonds is 8. The van der Waals surface area contributed by atoms with Crippen molar-refractivity contribution in [2.24, 2.45) is 0 Å². The number of terminal acetylenes is 1. The number of benzene rings is 2. The number of hydrogen-bond acceptors (Lipinski definition) is 4. The highest BCUT2D eigenvalue weighted by atomic mass is 35.5. The van der Waals surface area contributed by atoms with Crippen LogP contribution in [0.1, 0.15) is 15.9 Å². The predicted octanol–water partition coefficient (Wildman–Crippen LogP) is 4.86. The molecular formula is C20H15ClF2O4. The number of carbonyl (C=O) groups is 1. The molecule has 0 aliphatic carbocycles. The van der Waals surface area contributed by atoms with Gasteiger partial charge in [0.05, 0.1) is 12.1 Å². The first-order chi connectivity index (χ1) is 12.9. The fraction of sp³-hybridized carbons (Fsp3) is 0.150. The van der Waals surface area contributed by atoms with Crippen molar-refractivity contribution in [3.8, 4) is 29.6 Å². The molecule has 140 valence electrons. The van der Waals surface area contributed by atoms with Crippen LogP contribution in [-0.4, -0.2) is 26.1 Å². The third kappa shape index (κ3) is 5.73. The van der Waals surface area contributed by atoms with E-state index < -0.39 is 6.61 Å². The second-order valence-corrected chi connectivity index (χ2v) is 5.53. The lowest BCUT2D eigenvalue weighted by Gasteiger charge is -2.11. The summed E-state index contributed by atoms with van der Waals surface area (Å²) >= 11 is 6.17. The van der Waals surface area contributed by atoms with Crippen molar-refractivity contribution >= 4 is 23.5 Å². The van der Waals surface area contributed by atoms with Crippen LogP contribution < -0.4 is 14.2 Å². The molecular weight excluding hydrogens is 378 g/mol. The molecule has 0 spiro atoms. The highest BCUT2D eigenvalue weighted by molar-refractivity contribution is 6.32. The molecule has 0 radical (unpaired) electrons. The molecule has 2 aromatic rings. The van der Waals surface area contributed by atoms with Gasteiger partial charge < -0.3 is 14.2 Å². The molecule has 0 heterocycles. The molecule has 0 aromatic heterocycles. The van der Waals surface area contributed by atoms with Crippen LogP contribution in [0.4, 0.5) is 8.78 Å². The minimum absolute atomic E-state index is 0.0235. The fourth-order valence-electron chi connectivity index (χ4n) is 2.16. The topological polar surface area (TPSA) is 44.8 Å². The molecule has 0 fully saturated rings. The lowest BCUT2D eigenvalue weighted by Crippen LogP contribution is -2.02. The summed E-state index contributed by atoms with van der Waals surface area (Å²) in [6.07, 6.45) is 8.04. The molecule has 27 heavy (non-hydrogen) atoms. The number of halogens is 3. The second-order valence-electron chi connectivity index (χ2n) is 5.13. The van der Waals surface area contributed by atoms with E-state index in [1.54, 1.807) is 18.2 Å². The van der Waals surface area contributed by atoms with Crippen molar-refractivity contribution in [3.63, 3.8) is 0 Å². The zero-order valence-corrected chi connectivity index (χ0v) is 15.0. The maximum Gasteiger partial charge on any atom is 0.387 e. The van der Waals surface area contributed by atoms with E-state index in [4.69, 9.17) is 27.5 Å². The molecule has 7 heteroatoms. The van der Waals surface area contributed by atoms with Crippen LogP contribution in [0.15, 0.2) is 42.5 Å². The number of ketones is 1. The molecule has 2 aromatic carbocycles. The van der Waals surface area contributed by atoms with Gasteiger partial charge in [0.1, 0.15) is 12.4 Å². The van der Waals surface area contributed by atoms with E-state index in [-0.39, 0.29) is 23.2 Å². The summed E-state index contributed by atoms with van der Waals surface area (Å²) in [5.41, 5.74) is 0.927. The van der Waals surface area contributed by atoms with Gasteiger partial charge in [-0.25, -0.2) is 0 Å². The Morgan fingerprint density at radius 3 is 2.59 bits per heavy atom. The second kappa shape index (κ2) is 9.60. The average Bonchev–Trinajstić information content (AvgIpc) is 2.65. The van der Waals surface area contributed by atoms with Gasteiger partial charge in [-0.05, 0) is 48.0 Å². The summed E-state index contributed by atoms with van der Waals surface area (Å²) in [5.74, 6) is 2.68. The maximum absolute atomic E-state index is 12.2. The first-order valence-electron chi connectivity index (χ1n) is 7.65. The van der Waals surface area contributed by atoms with Gasteiger partial charge in [-0.3, -0.25) is 4.79 Å². The quantitative estimate of drug-likeness (QED) is 0.365. The number of allylic oxidation sites excluding steroid dienone is 1. The number of hydrogen-bond donors (Lipinski definition) is 0. The van der Waals surface area contributed by atoms with Crippen LogP contribution in [0.2, 0.25) is 5.02 Å². The third-order valence-corrected chi connectivity index (χ3v) is 3.62. The van der Waals surface area contributed by atoms with E-state index in [2.05, 4.69) is 10.7 Å². The summed E-state index contributed by atoms with van der Waals surface area (Å²) < 4.78 is 39.1. The molecule has 0 aliphatic heterocycles. The van der Waals surface area contributed by atoms with E-state index in [9.17, 15) is 13.6 Å². The summed E-state index contributed by atoms with van der Waals surface area (Å²) in [4.78, 5) is 12.2. The smallest absolute Gasteiger partial charge is 0.387 e. The summed E-state index contributed by atoms with van der Waals surface area (Å²) in [6, 6.07) is 8.62. The summed E-state index contributed by atoms with van der Waals surface area (Å²) in [7, 11) is 1.45. The van der Waals surface area contributed by atoms with Gasteiger partial charge >= 0.3 is 6.61 Å². The van der Waals surface area contributed by atoms with E-state index in [0.29, 0.717) is 22.6 Å². The third-order valence-electron chi connectivity index (χ3n) is 3.34. The first kappa shape index (κ1) is 20.3. The minimum atomic E-state index is -2.92. The van der Waals surface area contributed by atoms with Crippen molar-refractivity contribution in [1.82, 2.24) is 0 Å². The zero-order valence-electron chi connectivity index (χ0n) is 14.2. The molecule has 0 N–H and O–H groups in total. The molecule has 4 nitrogen and oxygen atoms in total. The van der Waals surface area contributed by atoms with Crippen LogP contribution >= 0.6 is 11.6 Å². The normalized spacial score (nSPS) is 10.7. The molecule has 0 atom stereocenters. The lowest BCUT2D eigenvalue weighted by molar-refractivity contribution is -0.0498. The van der Waals surface area contributed by atoms with Gasteiger partial charge in [-0.15, -0.1) is 6.42 Å². The standard InChI is InChI=1S/C20H15ClF2O4/c1-3-10-26-19-16(21)11-13(12-18(19)25-2)4-9-17(24)14-5-7-15(8-6-14)27-20(22)23/h1,4-9,11-12,20H,10H2,2H3. The summed E-state index contributed by atoms with van der Waals surface area (Å²) in [5, 5.41) is 0.283. The predicted molar refractivity (Wildman–Crippen MR) is 98.8 cm³/mol. The van der Waals surface area contributed by atoms with Gasteiger partial charge in [0.25, 0.3) is 0 Å². The van der Waals surface area contributed by atoms with Gasteiger partial charge in [-0.1, -0.05) is 23.6 Å². The SMILES string of the molecule is C#CCOc1c(Cl)cc(C=CC(=O)c2ccc(OC(F)F)cc2)cc1OC. The maximum atomic E-state index is 12.2. The van der Waals surface area contributed by atoms with E-state index in [1.165, 1.54) is 37.5 Å². The fourth-order valence-corrected chi connectivity index (χ4v) is 2.43. The number of alkyl halides is 2. The van der Waals surface area contributed by atoms with Crippen LogP contribution in [0.3, 0.4) is 0 Å². The molecule has 2 rings (SSSR count). The monoisotopic (exact) mass is 392 g/mol. The molecule has 0 saturated carbocycles. The molecule has 0 amide bonds. The zero-order chi connectivity index (χ0) is 19.8. The number of carbonyl (C=O) groups excluding carboxylic acids is 1. The Balaban J connectivity index is 2.16. The van der Waals surface area contributed by atoms with Crippen LogP contribution in [0.5, 0.6) is 17.2 Å². The largest absolute Gasteiger partial charge is 0.493 e. The molecule has 0 unspecified atom stereocenters. The molecule has 0 bridgehead atoms. The van der Waals surface area contributed by atoms with Gasteiger partial charge in [0.15, 0.2) is 17.3 Å². The van der Waals surface area contributed by atoms with E-state index in [1.807, 2.05) is 0 Å². The Bertz CT molecular complexity index is 871. The van der Waals surface area contributed by atoms with Gasteiger partial charge in [0, 0.05) is 5.56 Å². The minimum Gasteiger partial charge on any atom is -0.493 e.